The van der Waals surface area contributed by atoms with Gasteiger partial charge in [0.15, 0.2) is 0 Å². The molecule has 0 aliphatic carbocycles. The Hall–Kier alpha value is -2.87. The Balaban J connectivity index is 1.94. The molecule has 2 nitrogen and oxygen atoms in total. The molecule has 0 radical (unpaired) electrons. The summed E-state index contributed by atoms with van der Waals surface area (Å²) in [7, 11) is 0. The van der Waals surface area contributed by atoms with Crippen LogP contribution in [0.4, 0.5) is 0 Å². The number of hydrogen-bond donors (Lipinski definition) is 0. The predicted molar refractivity (Wildman–Crippen MR) is 89.4 cm³/mol. The third-order valence-electron chi connectivity index (χ3n) is 4.48. The van der Waals surface area contributed by atoms with Gasteiger partial charge in [0.2, 0.25) is 0 Å². The van der Waals surface area contributed by atoms with Crippen LogP contribution in [0.15, 0.2) is 84.9 Å². The third kappa shape index (κ3) is 2.15. The van der Waals surface area contributed by atoms with E-state index in [-0.39, 0.29) is 5.97 Å². The maximum absolute atomic E-state index is 12.9. The van der Waals surface area contributed by atoms with Crippen LogP contribution in [0.3, 0.4) is 0 Å². The second kappa shape index (κ2) is 5.40. The molecule has 0 N–H and O–H groups in total. The molecule has 0 amide bonds. The standard InChI is InChI=1S/C21H16O2/c22-20-21(17-11-5-2-6-12-17,15-16-9-3-1-4-10-16)18-13-7-8-14-19(18)23-20/h1-14H,15H2/t21-/m0/s1. The zero-order valence-electron chi connectivity index (χ0n) is 12.6. The third-order valence-corrected chi connectivity index (χ3v) is 4.48. The van der Waals surface area contributed by atoms with Gasteiger partial charge in [-0.25, -0.2) is 0 Å². The largest absolute Gasteiger partial charge is 0.425 e. The predicted octanol–water partition coefficient (Wildman–Crippen LogP) is 4.13. The molecule has 4 rings (SSSR count). The number of benzene rings is 3. The lowest BCUT2D eigenvalue weighted by molar-refractivity contribution is -0.136. The van der Waals surface area contributed by atoms with Gasteiger partial charge in [0.05, 0.1) is 0 Å². The Bertz CT molecular complexity index is 840. The fourth-order valence-corrected chi connectivity index (χ4v) is 3.37. The Morgan fingerprint density at radius 2 is 1.35 bits per heavy atom. The Morgan fingerprint density at radius 3 is 2.09 bits per heavy atom. The van der Waals surface area contributed by atoms with Crippen LogP contribution in [0.1, 0.15) is 16.7 Å². The molecular formula is C21H16O2. The van der Waals surface area contributed by atoms with E-state index in [9.17, 15) is 4.79 Å². The highest BCUT2D eigenvalue weighted by molar-refractivity contribution is 5.94. The number of esters is 1. The molecule has 112 valence electrons. The highest BCUT2D eigenvalue weighted by atomic mass is 16.5. The average molecular weight is 300 g/mol. The summed E-state index contributed by atoms with van der Waals surface area (Å²) < 4.78 is 5.61. The molecule has 1 atom stereocenters. The smallest absolute Gasteiger partial charge is 0.326 e. The van der Waals surface area contributed by atoms with E-state index in [2.05, 4.69) is 12.1 Å². The second-order valence-electron chi connectivity index (χ2n) is 5.82. The topological polar surface area (TPSA) is 26.3 Å². The van der Waals surface area contributed by atoms with Gasteiger partial charge in [-0.05, 0) is 23.6 Å². The molecular weight excluding hydrogens is 284 g/mol. The number of para-hydroxylation sites is 1. The van der Waals surface area contributed by atoms with E-state index in [1.54, 1.807) is 0 Å². The molecule has 0 fully saturated rings. The summed E-state index contributed by atoms with van der Waals surface area (Å²) in [5, 5.41) is 0. The van der Waals surface area contributed by atoms with Crippen LogP contribution in [-0.2, 0) is 16.6 Å². The summed E-state index contributed by atoms with van der Waals surface area (Å²) in [6.45, 7) is 0. The van der Waals surface area contributed by atoms with E-state index < -0.39 is 5.41 Å². The van der Waals surface area contributed by atoms with Crippen molar-refractivity contribution in [3.63, 3.8) is 0 Å². The number of rotatable bonds is 3. The minimum absolute atomic E-state index is 0.200. The first kappa shape index (κ1) is 13.8. The summed E-state index contributed by atoms with van der Waals surface area (Å²) >= 11 is 0. The van der Waals surface area contributed by atoms with Gasteiger partial charge in [-0.2, -0.15) is 0 Å². The molecule has 3 aromatic rings. The van der Waals surface area contributed by atoms with E-state index >= 15 is 0 Å². The Morgan fingerprint density at radius 1 is 0.739 bits per heavy atom. The summed E-state index contributed by atoms with van der Waals surface area (Å²) in [5.74, 6) is 0.464. The molecule has 3 aromatic carbocycles. The number of carbonyl (C=O) groups is 1. The SMILES string of the molecule is O=C1Oc2ccccc2[C@]1(Cc1ccccc1)c1ccccc1. The van der Waals surface area contributed by atoms with Crippen LogP contribution in [0.2, 0.25) is 0 Å². The molecule has 0 spiro atoms. The van der Waals surface area contributed by atoms with Gasteiger partial charge >= 0.3 is 5.97 Å². The second-order valence-corrected chi connectivity index (χ2v) is 5.82. The van der Waals surface area contributed by atoms with Gasteiger partial charge < -0.3 is 4.74 Å². The van der Waals surface area contributed by atoms with Gasteiger partial charge in [-0.15, -0.1) is 0 Å². The fraction of sp³-hybridized carbons (Fsp3) is 0.0952. The van der Waals surface area contributed by atoms with Crippen molar-refractivity contribution in [2.45, 2.75) is 11.8 Å². The van der Waals surface area contributed by atoms with Crippen molar-refractivity contribution in [3.05, 3.63) is 102 Å². The van der Waals surface area contributed by atoms with E-state index in [0.717, 1.165) is 16.7 Å². The summed E-state index contributed by atoms with van der Waals surface area (Å²) in [4.78, 5) is 12.9. The van der Waals surface area contributed by atoms with E-state index in [4.69, 9.17) is 4.74 Å². The number of fused-ring (bicyclic) bond motifs is 1. The monoisotopic (exact) mass is 300 g/mol. The van der Waals surface area contributed by atoms with Crippen molar-refractivity contribution in [2.75, 3.05) is 0 Å². The maximum atomic E-state index is 12.9. The minimum Gasteiger partial charge on any atom is -0.425 e. The van der Waals surface area contributed by atoms with Gasteiger partial charge in [-0.1, -0.05) is 78.9 Å². The normalized spacial score (nSPS) is 19.2. The lowest BCUT2D eigenvalue weighted by Crippen LogP contribution is -2.37. The summed E-state index contributed by atoms with van der Waals surface area (Å²) in [6.07, 6.45) is 0.591. The van der Waals surface area contributed by atoms with E-state index in [1.807, 2.05) is 72.8 Å². The maximum Gasteiger partial charge on any atom is 0.326 e. The van der Waals surface area contributed by atoms with Crippen molar-refractivity contribution in [3.8, 4) is 5.75 Å². The minimum atomic E-state index is -0.779. The zero-order chi connectivity index (χ0) is 15.7. The molecule has 1 aliphatic rings. The Kier molecular flexibility index (Phi) is 3.23. The molecule has 0 bridgehead atoms. The Labute approximate surface area is 135 Å². The zero-order valence-corrected chi connectivity index (χ0v) is 12.6. The summed E-state index contributed by atoms with van der Waals surface area (Å²) in [6, 6.07) is 27.7. The average Bonchev–Trinajstić information content (AvgIpc) is 2.89. The van der Waals surface area contributed by atoms with Gasteiger partial charge in [0.1, 0.15) is 11.2 Å². The van der Waals surface area contributed by atoms with Crippen molar-refractivity contribution in [2.24, 2.45) is 0 Å². The van der Waals surface area contributed by atoms with Crippen LogP contribution >= 0.6 is 0 Å². The first-order valence-corrected chi connectivity index (χ1v) is 7.72. The fourth-order valence-electron chi connectivity index (χ4n) is 3.37. The molecule has 0 unspecified atom stereocenters. The molecule has 1 heterocycles. The van der Waals surface area contributed by atoms with E-state index in [1.165, 1.54) is 0 Å². The van der Waals surface area contributed by atoms with Crippen LogP contribution < -0.4 is 4.74 Å². The molecule has 1 aliphatic heterocycles. The van der Waals surface area contributed by atoms with Crippen LogP contribution in [0, 0.1) is 0 Å². The highest BCUT2D eigenvalue weighted by Gasteiger charge is 2.50. The first-order chi connectivity index (χ1) is 11.3. The number of hydrogen-bond acceptors (Lipinski definition) is 2. The molecule has 0 aromatic heterocycles. The lowest BCUT2D eigenvalue weighted by atomic mass is 9.71. The van der Waals surface area contributed by atoms with Gasteiger partial charge in [0, 0.05) is 5.56 Å². The van der Waals surface area contributed by atoms with Crippen molar-refractivity contribution in [1.82, 2.24) is 0 Å². The van der Waals surface area contributed by atoms with Gasteiger partial charge in [0.25, 0.3) is 0 Å². The molecule has 0 saturated heterocycles. The number of ether oxygens (including phenoxy) is 1. The van der Waals surface area contributed by atoms with E-state index in [0.29, 0.717) is 12.2 Å². The molecule has 2 heteroatoms. The van der Waals surface area contributed by atoms with Crippen molar-refractivity contribution >= 4 is 5.97 Å². The molecule has 0 saturated carbocycles. The van der Waals surface area contributed by atoms with Crippen molar-refractivity contribution < 1.29 is 9.53 Å². The van der Waals surface area contributed by atoms with Gasteiger partial charge in [-0.3, -0.25) is 4.79 Å². The first-order valence-electron chi connectivity index (χ1n) is 7.72. The highest BCUT2D eigenvalue weighted by Crippen LogP contribution is 2.46. The molecule has 23 heavy (non-hydrogen) atoms. The van der Waals surface area contributed by atoms with Crippen LogP contribution in [0.25, 0.3) is 0 Å². The quantitative estimate of drug-likeness (QED) is 0.537. The number of carbonyl (C=O) groups excluding carboxylic acids is 1. The van der Waals surface area contributed by atoms with Crippen LogP contribution in [0.5, 0.6) is 5.75 Å². The van der Waals surface area contributed by atoms with Crippen molar-refractivity contribution in [1.29, 1.82) is 0 Å². The van der Waals surface area contributed by atoms with Crippen LogP contribution in [-0.4, -0.2) is 5.97 Å². The lowest BCUT2D eigenvalue weighted by Gasteiger charge is -2.27. The summed E-state index contributed by atoms with van der Waals surface area (Å²) in [5.41, 5.74) is 2.25.